The smallest absolute Gasteiger partial charge is 0.0635 e. The van der Waals surface area contributed by atoms with Crippen LogP contribution in [0.3, 0.4) is 0 Å². The van der Waals surface area contributed by atoms with Gasteiger partial charge in [0.2, 0.25) is 0 Å². The molecule has 0 saturated carbocycles. The third kappa shape index (κ3) is 6.53. The number of aliphatic imine (C=N–C) groups is 1. The Kier molecular flexibility index (Phi) is 9.40. The van der Waals surface area contributed by atoms with Crippen LogP contribution < -0.4 is 0 Å². The topological polar surface area (TPSA) is 12.4 Å². The molecule has 1 heteroatoms. The van der Waals surface area contributed by atoms with Crippen molar-refractivity contribution in [2.45, 2.75) is 77.2 Å². The maximum atomic E-state index is 4.52. The molecule has 4 aliphatic rings. The Morgan fingerprint density at radius 2 is 0.881 bits per heavy atom. The first-order chi connectivity index (χ1) is 32.4. The van der Waals surface area contributed by atoms with Gasteiger partial charge in [-0.05, 0) is 178 Å². The lowest BCUT2D eigenvalue weighted by Crippen LogP contribution is -2.25. The number of rotatable bonds is 7. The predicted molar refractivity (Wildman–Crippen MR) is 284 cm³/mol. The van der Waals surface area contributed by atoms with Crippen LogP contribution in [0.1, 0.15) is 98.9 Å². The minimum Gasteiger partial charge on any atom is -0.293 e. The number of allylic oxidation sites excluding steroid dienone is 4. The molecule has 0 aromatic heterocycles. The lowest BCUT2D eigenvalue weighted by molar-refractivity contribution is 0.395. The average molecular weight is 864 g/mol. The number of fused-ring (bicyclic) bond motifs is 9. The van der Waals surface area contributed by atoms with E-state index in [4.69, 9.17) is 0 Å². The molecule has 2 unspecified atom stereocenters. The molecule has 0 fully saturated rings. The molecule has 326 valence electrons. The van der Waals surface area contributed by atoms with Gasteiger partial charge in [0, 0.05) is 16.7 Å². The highest BCUT2D eigenvalue weighted by atomic mass is 14.7. The van der Waals surface area contributed by atoms with Gasteiger partial charge in [0.15, 0.2) is 0 Å². The van der Waals surface area contributed by atoms with E-state index in [2.05, 4.69) is 235 Å². The lowest BCUT2D eigenvalue weighted by atomic mass is 9.72. The van der Waals surface area contributed by atoms with Gasteiger partial charge in [0.25, 0.3) is 0 Å². The lowest BCUT2D eigenvalue weighted by Gasteiger charge is -2.31. The standard InChI is InChI=1S/C66H57N/c1-8-67-40-41-19-25-52-53-26-20-44(35-59(53)64(2,3)58(52)31-41)45-21-27-54-55-28-22-46(37-61(55)65(4,5)60(54)36-45)47-23-29-56-57-30-24-48(39-63(57)66(6,7)62(56)38-47)51-33-49(42-15-11-9-12-16-42)32-50(34-51)43-17-13-10-14-18-43/h8-39,55,61H,40H2,1-7H3. The highest BCUT2D eigenvalue weighted by Crippen LogP contribution is 2.57. The highest BCUT2D eigenvalue weighted by Gasteiger charge is 2.46. The first-order valence-corrected chi connectivity index (χ1v) is 24.2. The number of hydrogen-bond acceptors (Lipinski definition) is 1. The van der Waals surface area contributed by atoms with Crippen molar-refractivity contribution in [1.82, 2.24) is 0 Å². The molecular formula is C66H57N. The largest absolute Gasteiger partial charge is 0.293 e. The van der Waals surface area contributed by atoms with Crippen molar-refractivity contribution in [1.29, 1.82) is 0 Å². The monoisotopic (exact) mass is 863 g/mol. The molecule has 0 N–H and O–H groups in total. The molecule has 8 aromatic carbocycles. The normalized spacial score (nSPS) is 18.5. The Morgan fingerprint density at radius 3 is 1.43 bits per heavy atom. The Bertz CT molecular complexity index is 3350. The molecule has 0 spiro atoms. The van der Waals surface area contributed by atoms with Crippen LogP contribution in [0.25, 0.3) is 72.3 Å². The second-order valence-electron chi connectivity index (χ2n) is 21.1. The third-order valence-corrected chi connectivity index (χ3v) is 16.2. The molecular weight excluding hydrogens is 807 g/mol. The molecule has 12 rings (SSSR count). The zero-order chi connectivity index (χ0) is 45.8. The molecule has 2 atom stereocenters. The van der Waals surface area contributed by atoms with Crippen LogP contribution in [0.5, 0.6) is 0 Å². The van der Waals surface area contributed by atoms with E-state index < -0.39 is 0 Å². The molecule has 8 aromatic rings. The van der Waals surface area contributed by atoms with Crippen LogP contribution in [-0.4, -0.2) is 6.21 Å². The van der Waals surface area contributed by atoms with Crippen LogP contribution >= 0.6 is 0 Å². The van der Waals surface area contributed by atoms with Crippen LogP contribution in [0.2, 0.25) is 0 Å². The van der Waals surface area contributed by atoms with Crippen molar-refractivity contribution >= 4 is 11.8 Å². The summed E-state index contributed by atoms with van der Waals surface area (Å²) in [6.45, 7) is 17.2. The number of hydrogen-bond donors (Lipinski definition) is 0. The summed E-state index contributed by atoms with van der Waals surface area (Å²) in [5.41, 5.74) is 27.6. The number of nitrogens with zero attached hydrogens (tertiary/aromatic N) is 1. The maximum Gasteiger partial charge on any atom is 0.0635 e. The third-order valence-electron chi connectivity index (χ3n) is 16.2. The summed E-state index contributed by atoms with van der Waals surface area (Å²) in [5, 5.41) is 0. The molecule has 4 aliphatic carbocycles. The quantitative estimate of drug-likeness (QED) is 0.142. The van der Waals surface area contributed by atoms with Gasteiger partial charge in [0.1, 0.15) is 0 Å². The van der Waals surface area contributed by atoms with Gasteiger partial charge < -0.3 is 0 Å². The maximum absolute atomic E-state index is 4.52. The van der Waals surface area contributed by atoms with Gasteiger partial charge in [-0.15, -0.1) is 0 Å². The summed E-state index contributed by atoms with van der Waals surface area (Å²) < 4.78 is 0. The van der Waals surface area contributed by atoms with Crippen molar-refractivity contribution in [3.63, 3.8) is 0 Å². The van der Waals surface area contributed by atoms with E-state index in [1.807, 2.05) is 13.1 Å². The van der Waals surface area contributed by atoms with Crippen LogP contribution in [0, 0.1) is 5.92 Å². The molecule has 1 nitrogen and oxygen atoms in total. The summed E-state index contributed by atoms with van der Waals surface area (Å²) in [6.07, 6.45) is 9.39. The minimum absolute atomic E-state index is 0.0313. The molecule has 0 radical (unpaired) electrons. The van der Waals surface area contributed by atoms with Gasteiger partial charge in [-0.25, -0.2) is 0 Å². The second-order valence-corrected chi connectivity index (χ2v) is 21.1. The zero-order valence-corrected chi connectivity index (χ0v) is 39.8. The second kappa shape index (κ2) is 15.2. The summed E-state index contributed by atoms with van der Waals surface area (Å²) in [4.78, 5) is 4.52. The van der Waals surface area contributed by atoms with Gasteiger partial charge in [-0.1, -0.05) is 193 Å². The van der Waals surface area contributed by atoms with Crippen LogP contribution in [0.4, 0.5) is 0 Å². The SMILES string of the molecule is CC=NCc1ccc2c(c1)C(C)(C)c1cc(-c3ccc4c(c3)C(C)(C)C3C=C(c5ccc6c(c5)C(C)(C)c5cc(-c7cc(-c8ccccc8)cc(-c8ccccc8)c7)ccc5-6)C=CC43)ccc1-2. The van der Waals surface area contributed by atoms with E-state index in [0.29, 0.717) is 11.8 Å². The Hall–Kier alpha value is -7.09. The van der Waals surface area contributed by atoms with E-state index in [0.717, 1.165) is 6.54 Å². The molecule has 0 bridgehead atoms. The van der Waals surface area contributed by atoms with Crippen molar-refractivity contribution in [2.75, 3.05) is 0 Å². The Morgan fingerprint density at radius 1 is 0.433 bits per heavy atom. The minimum atomic E-state index is -0.154. The molecule has 0 saturated heterocycles. The highest BCUT2D eigenvalue weighted by molar-refractivity contribution is 5.89. The van der Waals surface area contributed by atoms with Crippen molar-refractivity contribution in [3.8, 4) is 66.8 Å². The first kappa shape index (κ1) is 41.3. The van der Waals surface area contributed by atoms with Gasteiger partial charge in [0.05, 0.1) is 6.54 Å². The molecule has 0 amide bonds. The van der Waals surface area contributed by atoms with E-state index >= 15 is 0 Å². The first-order valence-electron chi connectivity index (χ1n) is 24.2. The summed E-state index contributed by atoms with van der Waals surface area (Å²) in [7, 11) is 0. The molecule has 0 aliphatic heterocycles. The van der Waals surface area contributed by atoms with Gasteiger partial charge >= 0.3 is 0 Å². The van der Waals surface area contributed by atoms with Gasteiger partial charge in [-0.3, -0.25) is 4.99 Å². The molecule has 67 heavy (non-hydrogen) atoms. The van der Waals surface area contributed by atoms with Crippen molar-refractivity contribution < 1.29 is 0 Å². The van der Waals surface area contributed by atoms with E-state index in [-0.39, 0.29) is 16.2 Å². The zero-order valence-electron chi connectivity index (χ0n) is 39.8. The van der Waals surface area contributed by atoms with Gasteiger partial charge in [-0.2, -0.15) is 0 Å². The summed E-state index contributed by atoms with van der Waals surface area (Å²) in [6, 6.07) is 64.4. The van der Waals surface area contributed by atoms with E-state index in [1.54, 1.807) is 0 Å². The Labute approximate surface area is 397 Å². The van der Waals surface area contributed by atoms with Crippen LogP contribution in [-0.2, 0) is 22.8 Å². The van der Waals surface area contributed by atoms with E-state index in [9.17, 15) is 0 Å². The van der Waals surface area contributed by atoms with Crippen LogP contribution in [0.15, 0.2) is 193 Å². The van der Waals surface area contributed by atoms with E-state index in [1.165, 1.54) is 117 Å². The fourth-order valence-electron chi connectivity index (χ4n) is 12.3. The predicted octanol–water partition coefficient (Wildman–Crippen LogP) is 17.2. The fourth-order valence-corrected chi connectivity index (χ4v) is 12.3. The summed E-state index contributed by atoms with van der Waals surface area (Å²) in [5.74, 6) is 0.727. The van der Waals surface area contributed by atoms with Crippen molar-refractivity contribution in [3.05, 3.63) is 233 Å². The van der Waals surface area contributed by atoms with Crippen molar-refractivity contribution in [2.24, 2.45) is 10.9 Å². The fraction of sp³-hybridized carbons (Fsp3) is 0.197. The average Bonchev–Trinajstić information content (AvgIpc) is 3.84. The number of benzene rings is 8. The Balaban J connectivity index is 0.840. The summed E-state index contributed by atoms with van der Waals surface area (Å²) >= 11 is 0. The molecule has 0 heterocycles.